The monoisotopic (exact) mass is 500 g/mol. The molecule has 3 N–H and O–H groups in total. The molecule has 0 spiro atoms. The van der Waals surface area contributed by atoms with Crippen LogP contribution in [0, 0.1) is 0 Å². The van der Waals surface area contributed by atoms with Gasteiger partial charge in [0.1, 0.15) is 0 Å². The van der Waals surface area contributed by atoms with Gasteiger partial charge in [0.15, 0.2) is 0 Å². The summed E-state index contributed by atoms with van der Waals surface area (Å²) in [6, 6.07) is 51.7. The second-order valence-electron chi connectivity index (χ2n) is 9.26. The van der Waals surface area contributed by atoms with Crippen molar-refractivity contribution in [2.75, 3.05) is 0 Å². The fourth-order valence-electron chi connectivity index (χ4n) is 4.86. The van der Waals surface area contributed by atoms with E-state index in [0.717, 1.165) is 13.0 Å². The number of nitrogens with one attached hydrogen (secondary N) is 1. The molecule has 0 radical (unpaired) electrons. The van der Waals surface area contributed by atoms with Crippen molar-refractivity contribution in [1.29, 1.82) is 0 Å². The van der Waals surface area contributed by atoms with Gasteiger partial charge in [0, 0.05) is 18.6 Å². The molecule has 0 aliphatic heterocycles. The first-order valence-electron chi connectivity index (χ1n) is 12.9. The van der Waals surface area contributed by atoms with E-state index in [-0.39, 0.29) is 12.1 Å². The first-order valence-corrected chi connectivity index (χ1v) is 14.2. The number of rotatable bonds is 10. The zero-order chi connectivity index (χ0) is 25.3. The van der Waals surface area contributed by atoms with Gasteiger partial charge in [0.2, 0.25) is 0 Å². The Hall–Kier alpha value is -3.55. The summed E-state index contributed by atoms with van der Waals surface area (Å²) >= 11 is 0. The van der Waals surface area contributed by atoms with E-state index in [0.29, 0.717) is 0 Å². The van der Waals surface area contributed by atoms with Gasteiger partial charge in [-0.15, -0.1) is 0 Å². The molecular weight excluding hydrogens is 467 g/mol. The van der Waals surface area contributed by atoms with Gasteiger partial charge in [-0.05, 0) is 46.9 Å². The highest BCUT2D eigenvalue weighted by Crippen LogP contribution is 2.34. The van der Waals surface area contributed by atoms with Crippen molar-refractivity contribution in [1.82, 2.24) is 5.32 Å². The van der Waals surface area contributed by atoms with Crippen LogP contribution in [0.3, 0.4) is 0 Å². The molecule has 0 saturated carbocycles. The van der Waals surface area contributed by atoms with Crippen LogP contribution in [0.5, 0.6) is 0 Å². The van der Waals surface area contributed by atoms with Gasteiger partial charge in [-0.3, -0.25) is 0 Å². The molecule has 0 heterocycles. The summed E-state index contributed by atoms with van der Waals surface area (Å²) in [5, 5.41) is 7.95. The summed E-state index contributed by atoms with van der Waals surface area (Å²) < 4.78 is 0. The number of benzene rings is 5. The van der Waals surface area contributed by atoms with Gasteiger partial charge >= 0.3 is 0 Å². The molecular formula is C34H33N2P. The van der Waals surface area contributed by atoms with E-state index in [4.69, 9.17) is 5.73 Å². The van der Waals surface area contributed by atoms with Crippen molar-refractivity contribution < 1.29 is 0 Å². The molecule has 5 aromatic rings. The summed E-state index contributed by atoms with van der Waals surface area (Å²) in [5.74, 6) is 0. The fourth-order valence-corrected chi connectivity index (χ4v) is 7.33. The van der Waals surface area contributed by atoms with Crippen molar-refractivity contribution in [3.05, 3.63) is 162 Å². The molecule has 5 aromatic carbocycles. The maximum Gasteiger partial charge on any atom is 0.0479 e. The summed E-state index contributed by atoms with van der Waals surface area (Å²) in [4.78, 5) is 0. The zero-order valence-electron chi connectivity index (χ0n) is 20.9. The molecule has 0 amide bonds. The Morgan fingerprint density at radius 3 is 1.65 bits per heavy atom. The standard InChI is InChI=1S/C34H33N2P/c35-32(25-27-15-5-1-6-16-27)34(28-17-7-2-8-18-28)36-26-29-19-13-14-24-33(29)37(30-20-9-3-10-21-30)31-22-11-4-12-23-31/h1-24,32,34,36H,25-26,35H2/t32?,34-/m0/s1. The first kappa shape index (κ1) is 25.1. The topological polar surface area (TPSA) is 38.0 Å². The van der Waals surface area contributed by atoms with E-state index in [1.165, 1.54) is 32.6 Å². The molecule has 37 heavy (non-hydrogen) atoms. The van der Waals surface area contributed by atoms with E-state index in [2.05, 4.69) is 151 Å². The van der Waals surface area contributed by atoms with Crippen LogP contribution in [-0.4, -0.2) is 6.04 Å². The van der Waals surface area contributed by atoms with E-state index in [1.54, 1.807) is 0 Å². The van der Waals surface area contributed by atoms with Crippen LogP contribution in [0.15, 0.2) is 146 Å². The molecule has 3 heteroatoms. The Bertz CT molecular complexity index is 1320. The van der Waals surface area contributed by atoms with Crippen molar-refractivity contribution in [2.24, 2.45) is 5.73 Å². The molecule has 0 aromatic heterocycles. The minimum absolute atomic E-state index is 0.0362. The van der Waals surface area contributed by atoms with Crippen molar-refractivity contribution >= 4 is 23.8 Å². The Labute approximate surface area is 222 Å². The lowest BCUT2D eigenvalue weighted by molar-refractivity contribution is 0.439. The van der Waals surface area contributed by atoms with Crippen LogP contribution in [0.1, 0.15) is 22.7 Å². The summed E-state index contributed by atoms with van der Waals surface area (Å²) in [7, 11) is -0.678. The van der Waals surface area contributed by atoms with E-state index in [1.807, 2.05) is 0 Å². The van der Waals surface area contributed by atoms with Crippen LogP contribution >= 0.6 is 7.92 Å². The maximum absolute atomic E-state index is 6.87. The minimum Gasteiger partial charge on any atom is -0.326 e. The van der Waals surface area contributed by atoms with Crippen LogP contribution in [0.25, 0.3) is 0 Å². The highest BCUT2D eigenvalue weighted by Gasteiger charge is 2.22. The van der Waals surface area contributed by atoms with E-state index >= 15 is 0 Å². The fraction of sp³-hybridized carbons (Fsp3) is 0.118. The molecule has 1 unspecified atom stereocenters. The number of nitrogens with two attached hydrogens (primary N) is 1. The van der Waals surface area contributed by atoms with Crippen molar-refractivity contribution in [2.45, 2.75) is 25.0 Å². The molecule has 0 aliphatic carbocycles. The van der Waals surface area contributed by atoms with Crippen molar-refractivity contribution in [3.63, 3.8) is 0 Å². The number of hydrogen-bond donors (Lipinski definition) is 2. The van der Waals surface area contributed by atoms with Gasteiger partial charge in [0.05, 0.1) is 0 Å². The van der Waals surface area contributed by atoms with Crippen molar-refractivity contribution in [3.8, 4) is 0 Å². The lowest BCUT2D eigenvalue weighted by Crippen LogP contribution is -2.40. The molecule has 5 rings (SSSR count). The highest BCUT2D eigenvalue weighted by molar-refractivity contribution is 7.79. The van der Waals surface area contributed by atoms with Crippen LogP contribution in [-0.2, 0) is 13.0 Å². The maximum atomic E-state index is 6.87. The van der Waals surface area contributed by atoms with Gasteiger partial charge in [-0.1, -0.05) is 146 Å². The smallest absolute Gasteiger partial charge is 0.0479 e. The molecule has 0 saturated heterocycles. The summed E-state index contributed by atoms with van der Waals surface area (Å²) in [5.41, 5.74) is 10.7. The second kappa shape index (κ2) is 12.6. The average molecular weight is 501 g/mol. The third-order valence-corrected chi connectivity index (χ3v) is 9.22. The second-order valence-corrected chi connectivity index (χ2v) is 11.4. The molecule has 2 atom stereocenters. The summed E-state index contributed by atoms with van der Waals surface area (Å²) in [6.45, 7) is 0.747. The van der Waals surface area contributed by atoms with Gasteiger partial charge in [-0.2, -0.15) is 0 Å². The third kappa shape index (κ3) is 6.42. The quantitative estimate of drug-likeness (QED) is 0.236. The van der Waals surface area contributed by atoms with E-state index < -0.39 is 7.92 Å². The van der Waals surface area contributed by atoms with Gasteiger partial charge in [0.25, 0.3) is 0 Å². The SMILES string of the molecule is NC(Cc1ccccc1)[C@@H](NCc1ccccc1P(c1ccccc1)c1ccccc1)c1ccccc1. The van der Waals surface area contributed by atoms with Crippen LogP contribution in [0.2, 0.25) is 0 Å². The first-order chi connectivity index (χ1) is 18.3. The Kier molecular flexibility index (Phi) is 8.56. The Balaban J connectivity index is 1.45. The predicted octanol–water partition coefficient (Wildman–Crippen LogP) is 5.85. The average Bonchev–Trinajstić information content (AvgIpc) is 2.96. The van der Waals surface area contributed by atoms with E-state index in [9.17, 15) is 0 Å². The molecule has 184 valence electrons. The molecule has 2 nitrogen and oxygen atoms in total. The predicted molar refractivity (Wildman–Crippen MR) is 159 cm³/mol. The van der Waals surface area contributed by atoms with Crippen LogP contribution in [0.4, 0.5) is 0 Å². The molecule has 0 bridgehead atoms. The third-order valence-electron chi connectivity index (χ3n) is 6.67. The highest BCUT2D eigenvalue weighted by atomic mass is 31.1. The largest absolute Gasteiger partial charge is 0.326 e. The zero-order valence-corrected chi connectivity index (χ0v) is 21.8. The van der Waals surface area contributed by atoms with Gasteiger partial charge < -0.3 is 11.1 Å². The number of hydrogen-bond acceptors (Lipinski definition) is 2. The lowest BCUT2D eigenvalue weighted by Gasteiger charge is -2.28. The Morgan fingerprint density at radius 1 is 0.568 bits per heavy atom. The minimum atomic E-state index is -0.678. The lowest BCUT2D eigenvalue weighted by atomic mass is 9.94. The van der Waals surface area contributed by atoms with Gasteiger partial charge in [-0.25, -0.2) is 0 Å². The summed E-state index contributed by atoms with van der Waals surface area (Å²) in [6.07, 6.45) is 0.815. The normalized spacial score (nSPS) is 12.8. The molecule has 0 aliphatic rings. The van der Waals surface area contributed by atoms with Crippen LogP contribution < -0.4 is 27.0 Å². The Morgan fingerprint density at radius 2 is 1.05 bits per heavy atom. The molecule has 0 fully saturated rings.